The molecule has 0 aliphatic heterocycles. The molecule has 1 N–H and O–H groups in total. The van der Waals surface area contributed by atoms with Crippen LogP contribution in [0.2, 0.25) is 10.0 Å². The van der Waals surface area contributed by atoms with Crippen LogP contribution in [0.25, 0.3) is 0 Å². The van der Waals surface area contributed by atoms with Crippen LogP contribution in [0.4, 0.5) is 5.69 Å². The molecule has 0 aromatic heterocycles. The van der Waals surface area contributed by atoms with Gasteiger partial charge in [0.05, 0.1) is 10.6 Å². The molecule has 10 heteroatoms. The van der Waals surface area contributed by atoms with Crippen LogP contribution < -0.4 is 9.62 Å². The van der Waals surface area contributed by atoms with Crippen LogP contribution in [0.3, 0.4) is 0 Å². The van der Waals surface area contributed by atoms with Gasteiger partial charge in [0, 0.05) is 22.6 Å². The molecule has 1 aliphatic rings. The highest BCUT2D eigenvalue weighted by Gasteiger charge is 2.34. The lowest BCUT2D eigenvalue weighted by Crippen LogP contribution is -2.54. The molecule has 0 heterocycles. The van der Waals surface area contributed by atoms with Gasteiger partial charge in [0.15, 0.2) is 0 Å². The molecule has 0 saturated heterocycles. The van der Waals surface area contributed by atoms with Gasteiger partial charge < -0.3 is 10.2 Å². The van der Waals surface area contributed by atoms with Crippen molar-refractivity contribution in [1.29, 1.82) is 0 Å². The normalized spacial score (nSPS) is 14.6. The molecule has 4 rings (SSSR count). The zero-order valence-corrected chi connectivity index (χ0v) is 27.2. The Balaban J connectivity index is 1.73. The molecule has 7 nitrogen and oxygen atoms in total. The predicted octanol–water partition coefficient (Wildman–Crippen LogP) is 7.06. The fourth-order valence-corrected chi connectivity index (χ4v) is 7.14. The number of sulfonamides is 1. The largest absolute Gasteiger partial charge is 0.352 e. The number of nitrogens with one attached hydrogen (secondary N) is 1. The Morgan fingerprint density at radius 2 is 1.60 bits per heavy atom. The van der Waals surface area contributed by atoms with E-state index in [-0.39, 0.29) is 23.4 Å². The summed E-state index contributed by atoms with van der Waals surface area (Å²) in [7, 11) is -4.18. The Morgan fingerprint density at radius 1 is 0.930 bits per heavy atom. The van der Waals surface area contributed by atoms with Crippen molar-refractivity contribution in [2.75, 3.05) is 10.8 Å². The molecular formula is C33H39Cl2N3O4S. The monoisotopic (exact) mass is 643 g/mol. The van der Waals surface area contributed by atoms with Crippen molar-refractivity contribution in [2.45, 2.75) is 82.8 Å². The summed E-state index contributed by atoms with van der Waals surface area (Å²) >= 11 is 12.5. The minimum atomic E-state index is -4.18. The molecule has 0 spiro atoms. The van der Waals surface area contributed by atoms with Crippen molar-refractivity contribution in [3.05, 3.63) is 93.5 Å². The minimum absolute atomic E-state index is 0.00247. The number of hydrogen-bond donors (Lipinski definition) is 1. The van der Waals surface area contributed by atoms with Crippen LogP contribution >= 0.6 is 23.2 Å². The maximum atomic E-state index is 14.3. The van der Waals surface area contributed by atoms with Gasteiger partial charge in [-0.25, -0.2) is 8.42 Å². The van der Waals surface area contributed by atoms with Gasteiger partial charge >= 0.3 is 0 Å². The lowest BCUT2D eigenvalue weighted by molar-refractivity contribution is -0.140. The summed E-state index contributed by atoms with van der Waals surface area (Å²) < 4.78 is 29.2. The molecule has 0 radical (unpaired) electrons. The minimum Gasteiger partial charge on any atom is -0.352 e. The molecule has 1 fully saturated rings. The second-order valence-corrected chi connectivity index (χ2v) is 13.8. The Morgan fingerprint density at radius 3 is 2.23 bits per heavy atom. The van der Waals surface area contributed by atoms with Gasteiger partial charge in [-0.15, -0.1) is 0 Å². The quantitative estimate of drug-likeness (QED) is 0.242. The van der Waals surface area contributed by atoms with E-state index in [1.807, 2.05) is 32.9 Å². The summed E-state index contributed by atoms with van der Waals surface area (Å²) in [4.78, 5) is 29.4. The molecule has 2 amide bonds. The summed E-state index contributed by atoms with van der Waals surface area (Å²) in [6.45, 7) is 5.22. The van der Waals surface area contributed by atoms with Crippen molar-refractivity contribution in [3.63, 3.8) is 0 Å². The average Bonchev–Trinajstić information content (AvgIpc) is 2.98. The van der Waals surface area contributed by atoms with Gasteiger partial charge in [-0.05, 0) is 92.3 Å². The molecule has 43 heavy (non-hydrogen) atoms. The Hall–Kier alpha value is -3.07. The topological polar surface area (TPSA) is 86.8 Å². The number of carbonyl (C=O) groups is 2. The van der Waals surface area contributed by atoms with E-state index in [9.17, 15) is 18.0 Å². The highest BCUT2D eigenvalue weighted by Crippen LogP contribution is 2.28. The third-order valence-corrected chi connectivity index (χ3v) is 10.5. The SMILES string of the molecule is CCC(C(=O)NC1CCCCC1)N(Cc1ccccc1Cl)C(=O)CN(c1ccc(C)c(C)c1)S(=O)(=O)c1ccc(Cl)cc1. The molecule has 3 aromatic rings. The van der Waals surface area contributed by atoms with Crippen molar-refractivity contribution in [3.8, 4) is 0 Å². The van der Waals surface area contributed by atoms with Crippen molar-refractivity contribution in [2.24, 2.45) is 0 Å². The highest BCUT2D eigenvalue weighted by molar-refractivity contribution is 7.92. The standard InChI is InChI=1S/C33H39Cl2N3O4S/c1-4-31(33(40)36-27-11-6-5-7-12-27)37(21-25-10-8-9-13-30(25)35)32(39)22-38(28-17-14-23(2)24(3)20-28)43(41,42)29-18-15-26(34)16-19-29/h8-10,13-20,27,31H,4-7,11-12,21-22H2,1-3H3,(H,36,40). The van der Waals surface area contributed by atoms with Crippen LogP contribution in [0, 0.1) is 13.8 Å². The van der Waals surface area contributed by atoms with Crippen molar-refractivity contribution >= 4 is 50.7 Å². The fourth-order valence-electron chi connectivity index (χ4n) is 5.42. The summed E-state index contributed by atoms with van der Waals surface area (Å²) in [6.07, 6.45) is 5.41. The van der Waals surface area contributed by atoms with Gasteiger partial charge in [-0.1, -0.05) is 73.7 Å². The highest BCUT2D eigenvalue weighted by atomic mass is 35.5. The van der Waals surface area contributed by atoms with E-state index in [0.29, 0.717) is 27.7 Å². The molecule has 1 atom stereocenters. The second kappa shape index (κ2) is 14.6. The zero-order chi connectivity index (χ0) is 31.1. The number of halogens is 2. The number of amides is 2. The molecule has 1 unspecified atom stereocenters. The fraction of sp³-hybridized carbons (Fsp3) is 0.394. The van der Waals surface area contributed by atoms with Crippen LogP contribution in [-0.2, 0) is 26.2 Å². The first-order chi connectivity index (χ1) is 20.5. The number of benzene rings is 3. The van der Waals surface area contributed by atoms with E-state index in [1.165, 1.54) is 29.2 Å². The van der Waals surface area contributed by atoms with E-state index in [2.05, 4.69) is 5.32 Å². The van der Waals surface area contributed by atoms with E-state index in [1.54, 1.807) is 30.3 Å². The summed E-state index contributed by atoms with van der Waals surface area (Å²) in [5, 5.41) is 4.01. The number of carbonyl (C=O) groups excluding carboxylic acids is 2. The third kappa shape index (κ3) is 8.11. The lowest BCUT2D eigenvalue weighted by Gasteiger charge is -2.34. The van der Waals surface area contributed by atoms with Gasteiger partial charge in [-0.2, -0.15) is 0 Å². The number of anilines is 1. The van der Waals surface area contributed by atoms with Crippen LogP contribution in [-0.4, -0.2) is 43.8 Å². The number of rotatable bonds is 11. The lowest BCUT2D eigenvalue weighted by atomic mass is 9.95. The summed E-state index contributed by atoms with van der Waals surface area (Å²) in [6, 6.07) is 17.5. The van der Waals surface area contributed by atoms with E-state index in [0.717, 1.165) is 47.5 Å². The molecule has 230 valence electrons. The Bertz CT molecular complexity index is 1540. The summed E-state index contributed by atoms with van der Waals surface area (Å²) in [5.41, 5.74) is 2.89. The van der Waals surface area contributed by atoms with Crippen LogP contribution in [0.5, 0.6) is 0 Å². The van der Waals surface area contributed by atoms with E-state index < -0.39 is 28.5 Å². The number of nitrogens with zero attached hydrogens (tertiary/aromatic N) is 2. The number of aryl methyl sites for hydroxylation is 2. The first-order valence-electron chi connectivity index (χ1n) is 14.7. The molecule has 0 bridgehead atoms. The van der Waals surface area contributed by atoms with Gasteiger partial charge in [0.1, 0.15) is 12.6 Å². The maximum Gasteiger partial charge on any atom is 0.264 e. The molecule has 1 saturated carbocycles. The molecule has 1 aliphatic carbocycles. The van der Waals surface area contributed by atoms with E-state index >= 15 is 0 Å². The van der Waals surface area contributed by atoms with Gasteiger partial charge in [0.2, 0.25) is 11.8 Å². The third-order valence-electron chi connectivity index (χ3n) is 8.09. The van der Waals surface area contributed by atoms with Crippen LogP contribution in [0.1, 0.15) is 62.1 Å². The maximum absolute atomic E-state index is 14.3. The first-order valence-corrected chi connectivity index (χ1v) is 16.9. The van der Waals surface area contributed by atoms with E-state index in [4.69, 9.17) is 23.2 Å². The average molecular weight is 645 g/mol. The van der Waals surface area contributed by atoms with Gasteiger partial charge in [-0.3, -0.25) is 13.9 Å². The predicted molar refractivity (Wildman–Crippen MR) is 173 cm³/mol. The van der Waals surface area contributed by atoms with Crippen molar-refractivity contribution in [1.82, 2.24) is 10.2 Å². The van der Waals surface area contributed by atoms with Gasteiger partial charge in [0.25, 0.3) is 10.0 Å². The smallest absolute Gasteiger partial charge is 0.264 e. The van der Waals surface area contributed by atoms with Crippen LogP contribution in [0.15, 0.2) is 71.6 Å². The zero-order valence-electron chi connectivity index (χ0n) is 24.9. The summed E-state index contributed by atoms with van der Waals surface area (Å²) in [5.74, 6) is -0.755. The molecular weight excluding hydrogens is 605 g/mol. The van der Waals surface area contributed by atoms with Crippen molar-refractivity contribution < 1.29 is 18.0 Å². The number of hydrogen-bond acceptors (Lipinski definition) is 4. The Kier molecular flexibility index (Phi) is 11.2. The second-order valence-electron chi connectivity index (χ2n) is 11.1. The molecule has 3 aromatic carbocycles. The first kappa shape index (κ1) is 32.8. The Labute approximate surface area is 265 Å².